The highest BCUT2D eigenvalue weighted by Crippen LogP contribution is 2.14. The number of nitrogens with zero attached hydrogens (tertiary/aromatic N) is 2. The fraction of sp³-hybridized carbons (Fsp3) is 0.625. The van der Waals surface area contributed by atoms with Crippen molar-refractivity contribution in [2.24, 2.45) is 13.0 Å². The number of hydrogen-bond donors (Lipinski definition) is 3. The third-order valence-electron chi connectivity index (χ3n) is 1.79. The number of nitrogens with two attached hydrogens (primary N) is 1. The van der Waals surface area contributed by atoms with Gasteiger partial charge in [0.05, 0.1) is 5.69 Å². The van der Waals surface area contributed by atoms with Crippen molar-refractivity contribution in [2.45, 2.75) is 6.92 Å². The summed E-state index contributed by atoms with van der Waals surface area (Å²) in [6.45, 7) is 2.80. The van der Waals surface area contributed by atoms with E-state index in [-0.39, 0.29) is 12.5 Å². The van der Waals surface area contributed by atoms with E-state index in [1.165, 1.54) is 0 Å². The van der Waals surface area contributed by atoms with Crippen LogP contribution in [0.1, 0.15) is 6.92 Å². The first kappa shape index (κ1) is 9.85. The summed E-state index contributed by atoms with van der Waals surface area (Å²) in [5, 5.41) is 16.0. The van der Waals surface area contributed by atoms with Gasteiger partial charge < -0.3 is 16.2 Å². The van der Waals surface area contributed by atoms with Gasteiger partial charge in [0.25, 0.3) is 0 Å². The molecule has 0 aromatic carbocycles. The zero-order valence-corrected chi connectivity index (χ0v) is 7.99. The van der Waals surface area contributed by atoms with E-state index >= 15 is 0 Å². The Hall–Kier alpha value is -1.23. The van der Waals surface area contributed by atoms with Gasteiger partial charge in [0.15, 0.2) is 5.82 Å². The number of aryl methyl sites for hydroxylation is 1. The van der Waals surface area contributed by atoms with Gasteiger partial charge in [0, 0.05) is 26.4 Å². The lowest BCUT2D eigenvalue weighted by atomic mass is 10.2. The van der Waals surface area contributed by atoms with Crippen LogP contribution < -0.4 is 11.1 Å². The number of aromatic nitrogens is 2. The van der Waals surface area contributed by atoms with Crippen molar-refractivity contribution >= 4 is 11.5 Å². The number of nitrogen functional groups attached to an aromatic ring is 1. The zero-order chi connectivity index (χ0) is 9.84. The van der Waals surface area contributed by atoms with E-state index in [1.54, 1.807) is 10.9 Å². The molecule has 5 nitrogen and oxygen atoms in total. The fourth-order valence-electron chi connectivity index (χ4n) is 0.980. The summed E-state index contributed by atoms with van der Waals surface area (Å²) in [5.74, 6) is 0.893. The molecule has 1 atom stereocenters. The molecule has 0 bridgehead atoms. The minimum Gasteiger partial charge on any atom is -0.396 e. The minimum absolute atomic E-state index is 0.166. The van der Waals surface area contributed by atoms with Crippen molar-refractivity contribution in [3.63, 3.8) is 0 Å². The van der Waals surface area contributed by atoms with Crippen molar-refractivity contribution < 1.29 is 5.11 Å². The summed E-state index contributed by atoms with van der Waals surface area (Å²) in [4.78, 5) is 0. The molecular weight excluding hydrogens is 168 g/mol. The van der Waals surface area contributed by atoms with Crippen LogP contribution in [0.3, 0.4) is 0 Å². The second-order valence-electron chi connectivity index (χ2n) is 3.28. The highest BCUT2D eigenvalue weighted by atomic mass is 16.3. The molecule has 5 heteroatoms. The summed E-state index contributed by atoms with van der Waals surface area (Å²) in [5.41, 5.74) is 6.29. The third kappa shape index (κ3) is 2.62. The molecule has 0 aliphatic carbocycles. The molecule has 0 saturated heterocycles. The molecule has 1 aromatic heterocycles. The zero-order valence-electron chi connectivity index (χ0n) is 7.99. The number of aliphatic hydroxyl groups is 1. The van der Waals surface area contributed by atoms with Gasteiger partial charge in [0.1, 0.15) is 0 Å². The Kier molecular flexibility index (Phi) is 3.13. The smallest absolute Gasteiger partial charge is 0.171 e. The first-order valence-corrected chi connectivity index (χ1v) is 4.27. The van der Waals surface area contributed by atoms with E-state index in [9.17, 15) is 0 Å². The Balaban J connectivity index is 2.49. The second kappa shape index (κ2) is 4.13. The SMILES string of the molecule is CC(CO)CNc1nn(C)cc1N. The third-order valence-corrected chi connectivity index (χ3v) is 1.79. The molecule has 0 radical (unpaired) electrons. The van der Waals surface area contributed by atoms with Gasteiger partial charge in [-0.2, -0.15) is 5.10 Å². The average molecular weight is 184 g/mol. The lowest BCUT2D eigenvalue weighted by molar-refractivity contribution is 0.244. The number of aliphatic hydroxyl groups excluding tert-OH is 1. The Bertz CT molecular complexity index is 271. The first-order valence-electron chi connectivity index (χ1n) is 4.27. The van der Waals surface area contributed by atoms with Gasteiger partial charge in [-0.25, -0.2) is 0 Å². The highest BCUT2D eigenvalue weighted by molar-refractivity contribution is 5.59. The molecule has 74 valence electrons. The van der Waals surface area contributed by atoms with Crippen LogP contribution in [0.4, 0.5) is 11.5 Å². The minimum atomic E-state index is 0.166. The molecule has 0 saturated carbocycles. The van der Waals surface area contributed by atoms with Crippen LogP contribution in [-0.2, 0) is 7.05 Å². The van der Waals surface area contributed by atoms with Gasteiger partial charge >= 0.3 is 0 Å². The maximum Gasteiger partial charge on any atom is 0.171 e. The van der Waals surface area contributed by atoms with Crippen molar-refractivity contribution in [2.75, 3.05) is 24.2 Å². The predicted molar refractivity (Wildman–Crippen MR) is 52.4 cm³/mol. The molecule has 13 heavy (non-hydrogen) atoms. The molecule has 1 aromatic rings. The van der Waals surface area contributed by atoms with Crippen molar-refractivity contribution in [3.8, 4) is 0 Å². The van der Waals surface area contributed by atoms with Gasteiger partial charge in [-0.1, -0.05) is 6.92 Å². The lowest BCUT2D eigenvalue weighted by Gasteiger charge is -2.08. The van der Waals surface area contributed by atoms with Crippen LogP contribution in [0, 0.1) is 5.92 Å². The molecule has 1 rings (SSSR count). The average Bonchev–Trinajstić information content (AvgIpc) is 2.41. The van der Waals surface area contributed by atoms with E-state index in [4.69, 9.17) is 10.8 Å². The summed E-state index contributed by atoms with van der Waals surface area (Å²) in [7, 11) is 1.82. The Labute approximate surface area is 77.5 Å². The molecule has 1 unspecified atom stereocenters. The molecule has 0 fully saturated rings. The number of hydrogen-bond acceptors (Lipinski definition) is 4. The summed E-state index contributed by atoms with van der Waals surface area (Å²) in [6.07, 6.45) is 1.74. The topological polar surface area (TPSA) is 76.1 Å². The van der Waals surface area contributed by atoms with Gasteiger partial charge in [-0.05, 0) is 5.92 Å². The quantitative estimate of drug-likeness (QED) is 0.617. The largest absolute Gasteiger partial charge is 0.396 e. The van der Waals surface area contributed by atoms with Crippen molar-refractivity contribution in [3.05, 3.63) is 6.20 Å². The van der Waals surface area contributed by atoms with Crippen molar-refractivity contribution in [1.29, 1.82) is 0 Å². The number of anilines is 2. The van der Waals surface area contributed by atoms with E-state index in [0.29, 0.717) is 18.1 Å². The van der Waals surface area contributed by atoms with Gasteiger partial charge in [-0.3, -0.25) is 4.68 Å². The van der Waals surface area contributed by atoms with Gasteiger partial charge in [0.2, 0.25) is 0 Å². The van der Waals surface area contributed by atoms with Crippen molar-refractivity contribution in [1.82, 2.24) is 9.78 Å². The van der Waals surface area contributed by atoms with Crippen LogP contribution in [0.5, 0.6) is 0 Å². The standard InChI is InChI=1S/C8H16N4O/c1-6(5-13)3-10-8-7(9)4-12(2)11-8/h4,6,13H,3,5,9H2,1-2H3,(H,10,11). The van der Waals surface area contributed by atoms with Crippen LogP contribution in [0.15, 0.2) is 6.20 Å². The summed E-state index contributed by atoms with van der Waals surface area (Å²) < 4.78 is 1.65. The van der Waals surface area contributed by atoms with Crippen LogP contribution >= 0.6 is 0 Å². The fourth-order valence-corrected chi connectivity index (χ4v) is 0.980. The number of rotatable bonds is 4. The maximum atomic E-state index is 8.79. The van der Waals surface area contributed by atoms with Crippen LogP contribution in [-0.4, -0.2) is 28.0 Å². The van der Waals surface area contributed by atoms with Gasteiger partial charge in [-0.15, -0.1) is 0 Å². The molecule has 1 heterocycles. The monoisotopic (exact) mass is 184 g/mol. The van der Waals surface area contributed by atoms with E-state index in [2.05, 4.69) is 10.4 Å². The Morgan fingerprint density at radius 3 is 2.92 bits per heavy atom. The lowest BCUT2D eigenvalue weighted by Crippen LogP contribution is -2.15. The number of nitrogens with one attached hydrogen (secondary N) is 1. The van der Waals surface area contributed by atoms with Crippen LogP contribution in [0.25, 0.3) is 0 Å². The molecule has 4 N–H and O–H groups in total. The van der Waals surface area contributed by atoms with E-state index in [1.807, 2.05) is 14.0 Å². The van der Waals surface area contributed by atoms with E-state index < -0.39 is 0 Å². The molecule has 0 aliphatic heterocycles. The summed E-state index contributed by atoms with van der Waals surface area (Å²) in [6, 6.07) is 0. The Morgan fingerprint density at radius 2 is 2.46 bits per heavy atom. The highest BCUT2D eigenvalue weighted by Gasteiger charge is 2.05. The predicted octanol–water partition coefficient (Wildman–Crippen LogP) is 0.0426. The first-order chi connectivity index (χ1) is 6.13. The van der Waals surface area contributed by atoms with Crippen LogP contribution in [0.2, 0.25) is 0 Å². The van der Waals surface area contributed by atoms with E-state index in [0.717, 1.165) is 0 Å². The Morgan fingerprint density at radius 1 is 1.77 bits per heavy atom. The molecular formula is C8H16N4O. The maximum absolute atomic E-state index is 8.79. The normalized spacial score (nSPS) is 12.8. The molecule has 0 aliphatic rings. The molecule has 0 amide bonds. The second-order valence-corrected chi connectivity index (χ2v) is 3.28. The molecule has 0 spiro atoms. The summed E-state index contributed by atoms with van der Waals surface area (Å²) >= 11 is 0.